The summed E-state index contributed by atoms with van der Waals surface area (Å²) in [7, 11) is 0. The summed E-state index contributed by atoms with van der Waals surface area (Å²) in [5.41, 5.74) is 3.38. The summed E-state index contributed by atoms with van der Waals surface area (Å²) in [6, 6.07) is 7.77. The highest BCUT2D eigenvalue weighted by Crippen LogP contribution is 2.22. The lowest BCUT2D eigenvalue weighted by Gasteiger charge is -2.10. The van der Waals surface area contributed by atoms with E-state index in [9.17, 15) is 14.7 Å². The molecule has 0 radical (unpaired) electrons. The van der Waals surface area contributed by atoms with Crippen molar-refractivity contribution in [1.29, 1.82) is 0 Å². The van der Waals surface area contributed by atoms with Crippen LogP contribution in [0.25, 0.3) is 0 Å². The second-order valence-corrected chi connectivity index (χ2v) is 5.85. The predicted octanol–water partition coefficient (Wildman–Crippen LogP) is 4.01. The predicted molar refractivity (Wildman–Crippen MR) is 88.4 cm³/mol. The van der Waals surface area contributed by atoms with Crippen molar-refractivity contribution in [2.45, 2.75) is 20.8 Å². The molecule has 0 aromatic heterocycles. The number of halogens is 1. The molecular formula is C18H17ClO4. The molecule has 120 valence electrons. The first-order valence-corrected chi connectivity index (χ1v) is 7.44. The summed E-state index contributed by atoms with van der Waals surface area (Å²) in [5.74, 6) is -1.32. The minimum atomic E-state index is -0.792. The van der Waals surface area contributed by atoms with Crippen LogP contribution in [0.15, 0.2) is 30.3 Å². The number of aromatic hydroxyl groups is 1. The molecule has 0 saturated carbocycles. The van der Waals surface area contributed by atoms with Gasteiger partial charge in [-0.3, -0.25) is 4.79 Å². The first kappa shape index (κ1) is 17.0. The summed E-state index contributed by atoms with van der Waals surface area (Å²) in [5, 5.41) is 9.95. The molecule has 0 aliphatic rings. The highest BCUT2D eigenvalue weighted by atomic mass is 35.5. The van der Waals surface area contributed by atoms with E-state index >= 15 is 0 Å². The van der Waals surface area contributed by atoms with E-state index in [1.807, 2.05) is 26.8 Å². The van der Waals surface area contributed by atoms with Crippen LogP contribution in [0.2, 0.25) is 5.02 Å². The van der Waals surface area contributed by atoms with Gasteiger partial charge in [0.1, 0.15) is 11.3 Å². The zero-order valence-electron chi connectivity index (χ0n) is 13.1. The summed E-state index contributed by atoms with van der Waals surface area (Å²) >= 11 is 5.79. The smallest absolute Gasteiger partial charge is 0.342 e. The van der Waals surface area contributed by atoms with Crippen LogP contribution < -0.4 is 0 Å². The van der Waals surface area contributed by atoms with E-state index in [1.165, 1.54) is 18.2 Å². The number of hydrogen-bond donors (Lipinski definition) is 1. The van der Waals surface area contributed by atoms with Crippen LogP contribution >= 0.6 is 11.6 Å². The minimum Gasteiger partial charge on any atom is -0.507 e. The van der Waals surface area contributed by atoms with Crippen molar-refractivity contribution in [3.05, 3.63) is 63.2 Å². The molecule has 0 unspecified atom stereocenters. The Morgan fingerprint density at radius 2 is 1.65 bits per heavy atom. The van der Waals surface area contributed by atoms with Gasteiger partial charge in [0, 0.05) is 10.6 Å². The molecule has 2 aromatic rings. The molecule has 2 rings (SSSR count). The number of phenols is 1. The van der Waals surface area contributed by atoms with Gasteiger partial charge in [-0.15, -0.1) is 0 Å². The molecule has 0 bridgehead atoms. The van der Waals surface area contributed by atoms with Crippen molar-refractivity contribution in [3.8, 4) is 5.75 Å². The summed E-state index contributed by atoms with van der Waals surface area (Å²) in [6.45, 7) is 5.33. The third-order valence-corrected chi connectivity index (χ3v) is 3.89. The summed E-state index contributed by atoms with van der Waals surface area (Å²) < 4.78 is 5.00. The van der Waals surface area contributed by atoms with Gasteiger partial charge in [0.25, 0.3) is 0 Å². The average molecular weight is 333 g/mol. The number of ketones is 1. The number of ether oxygens (including phenoxy) is 1. The molecular weight excluding hydrogens is 316 g/mol. The summed E-state index contributed by atoms with van der Waals surface area (Å²) in [6.07, 6.45) is 0. The van der Waals surface area contributed by atoms with Gasteiger partial charge in [-0.05, 0) is 61.7 Å². The topological polar surface area (TPSA) is 63.6 Å². The quantitative estimate of drug-likeness (QED) is 0.678. The number of benzene rings is 2. The van der Waals surface area contributed by atoms with Crippen LogP contribution in [0.1, 0.15) is 37.4 Å². The van der Waals surface area contributed by atoms with E-state index in [2.05, 4.69) is 0 Å². The number of phenolic OH excluding ortho intramolecular Hbond substituents is 1. The Bertz CT molecular complexity index is 781. The normalized spacial score (nSPS) is 10.4. The van der Waals surface area contributed by atoms with Crippen molar-refractivity contribution in [3.63, 3.8) is 0 Å². The van der Waals surface area contributed by atoms with Crippen molar-refractivity contribution >= 4 is 23.4 Å². The van der Waals surface area contributed by atoms with Crippen LogP contribution in [0.5, 0.6) is 5.75 Å². The van der Waals surface area contributed by atoms with Gasteiger partial charge in [-0.2, -0.15) is 0 Å². The summed E-state index contributed by atoms with van der Waals surface area (Å²) in [4.78, 5) is 24.2. The van der Waals surface area contributed by atoms with Crippen molar-refractivity contribution < 1.29 is 19.4 Å². The van der Waals surface area contributed by atoms with Crippen LogP contribution in [-0.2, 0) is 4.74 Å². The molecule has 0 spiro atoms. The van der Waals surface area contributed by atoms with Gasteiger partial charge in [-0.25, -0.2) is 4.79 Å². The number of rotatable bonds is 4. The Morgan fingerprint density at radius 3 is 2.35 bits per heavy atom. The Balaban J connectivity index is 2.11. The maximum atomic E-state index is 12.3. The first-order valence-electron chi connectivity index (χ1n) is 7.06. The van der Waals surface area contributed by atoms with Gasteiger partial charge < -0.3 is 9.84 Å². The molecule has 0 fully saturated rings. The van der Waals surface area contributed by atoms with Crippen LogP contribution in [-0.4, -0.2) is 23.5 Å². The fraction of sp³-hybridized carbons (Fsp3) is 0.222. The molecule has 4 nitrogen and oxygen atoms in total. The first-order chi connectivity index (χ1) is 10.8. The maximum absolute atomic E-state index is 12.3. The molecule has 0 saturated heterocycles. The minimum absolute atomic E-state index is 0.0675. The van der Waals surface area contributed by atoms with E-state index < -0.39 is 12.6 Å². The van der Waals surface area contributed by atoms with E-state index in [0.29, 0.717) is 10.6 Å². The van der Waals surface area contributed by atoms with Gasteiger partial charge in [0.2, 0.25) is 5.78 Å². The zero-order valence-corrected chi connectivity index (χ0v) is 13.9. The number of carbonyl (C=O) groups excluding carboxylic acids is 2. The molecule has 23 heavy (non-hydrogen) atoms. The maximum Gasteiger partial charge on any atom is 0.342 e. The Labute approximate surface area is 139 Å². The highest BCUT2D eigenvalue weighted by Gasteiger charge is 2.17. The number of carbonyl (C=O) groups is 2. The van der Waals surface area contributed by atoms with Gasteiger partial charge in [-0.1, -0.05) is 17.7 Å². The fourth-order valence-electron chi connectivity index (χ4n) is 2.22. The number of aryl methyl sites for hydroxylation is 3. The Morgan fingerprint density at radius 1 is 1.00 bits per heavy atom. The number of Topliss-reactive ketones (excluding diaryl/α,β-unsaturated/α-hetero) is 1. The number of hydrogen-bond acceptors (Lipinski definition) is 4. The van der Waals surface area contributed by atoms with Crippen LogP contribution in [0.4, 0.5) is 0 Å². The molecule has 2 aromatic carbocycles. The number of esters is 1. The Kier molecular flexibility index (Phi) is 5.06. The van der Waals surface area contributed by atoms with E-state index in [4.69, 9.17) is 16.3 Å². The molecule has 0 aliphatic carbocycles. The zero-order chi connectivity index (χ0) is 17.1. The lowest BCUT2D eigenvalue weighted by atomic mass is 9.98. The molecule has 5 heteroatoms. The van der Waals surface area contributed by atoms with E-state index in [-0.39, 0.29) is 17.1 Å². The van der Waals surface area contributed by atoms with Gasteiger partial charge >= 0.3 is 5.97 Å². The van der Waals surface area contributed by atoms with Crippen molar-refractivity contribution in [2.75, 3.05) is 6.61 Å². The molecule has 0 heterocycles. The average Bonchev–Trinajstić information content (AvgIpc) is 2.50. The second kappa shape index (κ2) is 6.84. The van der Waals surface area contributed by atoms with Crippen LogP contribution in [0.3, 0.4) is 0 Å². The Hall–Kier alpha value is -2.33. The fourth-order valence-corrected chi connectivity index (χ4v) is 2.39. The van der Waals surface area contributed by atoms with Gasteiger partial charge in [0.15, 0.2) is 6.61 Å². The largest absolute Gasteiger partial charge is 0.507 e. The molecule has 0 amide bonds. The van der Waals surface area contributed by atoms with Crippen molar-refractivity contribution in [2.24, 2.45) is 0 Å². The third-order valence-electron chi connectivity index (χ3n) is 3.65. The van der Waals surface area contributed by atoms with Crippen molar-refractivity contribution in [1.82, 2.24) is 0 Å². The standard InChI is InChI=1S/C18H17ClO4/c1-10-6-12(3)14(7-11(10)2)17(21)9-23-18(22)15-8-13(19)4-5-16(15)20/h4-8,20H,9H2,1-3H3. The lowest BCUT2D eigenvalue weighted by molar-refractivity contribution is 0.0471. The third kappa shape index (κ3) is 3.90. The lowest BCUT2D eigenvalue weighted by Crippen LogP contribution is -2.15. The molecule has 1 N–H and O–H groups in total. The highest BCUT2D eigenvalue weighted by molar-refractivity contribution is 6.31. The van der Waals surface area contributed by atoms with E-state index in [0.717, 1.165) is 16.7 Å². The second-order valence-electron chi connectivity index (χ2n) is 5.41. The van der Waals surface area contributed by atoms with Crippen LogP contribution in [0, 0.1) is 20.8 Å². The monoisotopic (exact) mass is 332 g/mol. The molecule has 0 aliphatic heterocycles. The SMILES string of the molecule is Cc1cc(C)c(C(=O)COC(=O)c2cc(Cl)ccc2O)cc1C. The van der Waals surface area contributed by atoms with E-state index in [1.54, 1.807) is 6.07 Å². The molecule has 0 atom stereocenters. The van der Waals surface area contributed by atoms with Gasteiger partial charge in [0.05, 0.1) is 0 Å².